The first-order valence-electron chi connectivity index (χ1n) is 5.82. The van der Waals surface area contributed by atoms with Gasteiger partial charge in [-0.15, -0.1) is 0 Å². The first kappa shape index (κ1) is 9.76. The summed E-state index contributed by atoms with van der Waals surface area (Å²) in [5.41, 5.74) is 2.93. The van der Waals surface area contributed by atoms with E-state index >= 15 is 0 Å². The molecule has 0 nitrogen and oxygen atoms in total. The Labute approximate surface area is 87.3 Å². The molecule has 0 heteroatoms. The maximum Gasteiger partial charge on any atom is -0.0159 e. The standard InChI is InChI=1S/C14H20/c1-11-6-8-13(9-7-11)14-5-3-4-12(2)10-14/h6-9,12,14H,3-5,10H2,1-2H3/t12-,14-/m0/s1. The van der Waals surface area contributed by atoms with Gasteiger partial charge in [0, 0.05) is 0 Å². The van der Waals surface area contributed by atoms with Crippen molar-refractivity contribution in [1.82, 2.24) is 0 Å². The van der Waals surface area contributed by atoms with E-state index < -0.39 is 0 Å². The SMILES string of the molecule is Cc1ccc([C@H]2CCC[C@H](C)C2)cc1. The molecule has 2 atom stereocenters. The summed E-state index contributed by atoms with van der Waals surface area (Å²) in [6.45, 7) is 4.55. The van der Waals surface area contributed by atoms with Crippen molar-refractivity contribution >= 4 is 0 Å². The van der Waals surface area contributed by atoms with Gasteiger partial charge in [-0.25, -0.2) is 0 Å². The molecule has 1 aromatic rings. The Morgan fingerprint density at radius 2 is 1.79 bits per heavy atom. The highest BCUT2D eigenvalue weighted by Gasteiger charge is 2.19. The molecule has 14 heavy (non-hydrogen) atoms. The van der Waals surface area contributed by atoms with Gasteiger partial charge in [-0.05, 0) is 37.2 Å². The fraction of sp³-hybridized carbons (Fsp3) is 0.571. The van der Waals surface area contributed by atoms with Crippen molar-refractivity contribution < 1.29 is 0 Å². The van der Waals surface area contributed by atoms with Crippen LogP contribution in [0.1, 0.15) is 49.7 Å². The van der Waals surface area contributed by atoms with Crippen LogP contribution in [0, 0.1) is 12.8 Å². The van der Waals surface area contributed by atoms with Crippen molar-refractivity contribution in [1.29, 1.82) is 0 Å². The number of benzene rings is 1. The quantitative estimate of drug-likeness (QED) is 0.616. The van der Waals surface area contributed by atoms with Gasteiger partial charge in [-0.1, -0.05) is 49.6 Å². The van der Waals surface area contributed by atoms with Crippen LogP contribution >= 0.6 is 0 Å². The van der Waals surface area contributed by atoms with Crippen molar-refractivity contribution in [2.75, 3.05) is 0 Å². The number of aryl methyl sites for hydroxylation is 1. The first-order chi connectivity index (χ1) is 6.75. The van der Waals surface area contributed by atoms with Crippen LogP contribution in [0.2, 0.25) is 0 Å². The van der Waals surface area contributed by atoms with E-state index in [9.17, 15) is 0 Å². The number of hydrogen-bond donors (Lipinski definition) is 0. The smallest absolute Gasteiger partial charge is 0.0159 e. The Morgan fingerprint density at radius 1 is 1.07 bits per heavy atom. The van der Waals surface area contributed by atoms with E-state index in [1.165, 1.54) is 31.2 Å². The van der Waals surface area contributed by atoms with Crippen molar-refractivity contribution in [3.8, 4) is 0 Å². The van der Waals surface area contributed by atoms with Crippen LogP contribution in [0.15, 0.2) is 24.3 Å². The van der Waals surface area contributed by atoms with Crippen LogP contribution in [0.4, 0.5) is 0 Å². The summed E-state index contributed by atoms with van der Waals surface area (Å²) >= 11 is 0. The van der Waals surface area contributed by atoms with Gasteiger partial charge in [-0.3, -0.25) is 0 Å². The van der Waals surface area contributed by atoms with Crippen LogP contribution in [0.5, 0.6) is 0 Å². The topological polar surface area (TPSA) is 0 Å². The molecule has 0 saturated heterocycles. The molecule has 0 radical (unpaired) electrons. The molecule has 1 aliphatic rings. The summed E-state index contributed by atoms with van der Waals surface area (Å²) in [7, 11) is 0. The van der Waals surface area contributed by atoms with Gasteiger partial charge >= 0.3 is 0 Å². The Kier molecular flexibility index (Phi) is 2.90. The van der Waals surface area contributed by atoms with Gasteiger partial charge in [0.05, 0.1) is 0 Å². The number of rotatable bonds is 1. The van der Waals surface area contributed by atoms with Crippen molar-refractivity contribution in [3.63, 3.8) is 0 Å². The van der Waals surface area contributed by atoms with Gasteiger partial charge in [0.1, 0.15) is 0 Å². The van der Waals surface area contributed by atoms with E-state index in [-0.39, 0.29) is 0 Å². The zero-order valence-corrected chi connectivity index (χ0v) is 9.29. The van der Waals surface area contributed by atoms with Crippen LogP contribution in [0.25, 0.3) is 0 Å². The highest BCUT2D eigenvalue weighted by molar-refractivity contribution is 5.24. The maximum atomic E-state index is 2.39. The molecule has 76 valence electrons. The van der Waals surface area contributed by atoms with Crippen LogP contribution in [0.3, 0.4) is 0 Å². The first-order valence-corrected chi connectivity index (χ1v) is 5.82. The molecule has 0 spiro atoms. The lowest BCUT2D eigenvalue weighted by molar-refractivity contribution is 0.344. The van der Waals surface area contributed by atoms with Gasteiger partial charge in [0.25, 0.3) is 0 Å². The molecule has 0 aromatic heterocycles. The minimum atomic E-state index is 0.833. The van der Waals surface area contributed by atoms with Gasteiger partial charge in [0.15, 0.2) is 0 Å². The second-order valence-corrected chi connectivity index (χ2v) is 4.88. The highest BCUT2D eigenvalue weighted by atomic mass is 14.2. The van der Waals surface area contributed by atoms with E-state index in [2.05, 4.69) is 38.1 Å². The Morgan fingerprint density at radius 3 is 2.43 bits per heavy atom. The Hall–Kier alpha value is -0.780. The van der Waals surface area contributed by atoms with Gasteiger partial charge < -0.3 is 0 Å². The predicted molar refractivity (Wildman–Crippen MR) is 61.6 cm³/mol. The minimum absolute atomic E-state index is 0.833. The van der Waals surface area contributed by atoms with Crippen molar-refractivity contribution in [2.45, 2.75) is 45.4 Å². The predicted octanol–water partition coefficient (Wildman–Crippen LogP) is 4.29. The largest absolute Gasteiger partial charge is 0.0625 e. The Bertz CT molecular complexity index is 283. The zero-order chi connectivity index (χ0) is 9.97. The molecule has 1 fully saturated rings. The minimum Gasteiger partial charge on any atom is -0.0625 e. The van der Waals surface area contributed by atoms with E-state index in [0.717, 1.165) is 11.8 Å². The lowest BCUT2D eigenvalue weighted by Gasteiger charge is -2.27. The second-order valence-electron chi connectivity index (χ2n) is 4.88. The summed E-state index contributed by atoms with van der Waals surface area (Å²) in [4.78, 5) is 0. The molecule has 1 saturated carbocycles. The monoisotopic (exact) mass is 188 g/mol. The fourth-order valence-corrected chi connectivity index (χ4v) is 2.58. The molecule has 1 aliphatic carbocycles. The van der Waals surface area contributed by atoms with Gasteiger partial charge in [0.2, 0.25) is 0 Å². The van der Waals surface area contributed by atoms with E-state index in [1.54, 1.807) is 5.56 Å². The average Bonchev–Trinajstić information content (AvgIpc) is 2.19. The summed E-state index contributed by atoms with van der Waals surface area (Å²) < 4.78 is 0. The lowest BCUT2D eigenvalue weighted by Crippen LogP contribution is -2.11. The van der Waals surface area contributed by atoms with Crippen molar-refractivity contribution in [3.05, 3.63) is 35.4 Å². The molecule has 0 unspecified atom stereocenters. The van der Waals surface area contributed by atoms with Crippen LogP contribution in [-0.4, -0.2) is 0 Å². The normalized spacial score (nSPS) is 27.6. The highest BCUT2D eigenvalue weighted by Crippen LogP contribution is 2.35. The molecule has 2 rings (SSSR count). The molecule has 0 heterocycles. The maximum absolute atomic E-state index is 2.39. The lowest BCUT2D eigenvalue weighted by atomic mass is 9.79. The third-order valence-electron chi connectivity index (χ3n) is 3.49. The molecular formula is C14H20. The zero-order valence-electron chi connectivity index (χ0n) is 9.29. The average molecular weight is 188 g/mol. The summed E-state index contributed by atoms with van der Waals surface area (Å²) in [6, 6.07) is 9.12. The van der Waals surface area contributed by atoms with Crippen LogP contribution < -0.4 is 0 Å². The Balaban J connectivity index is 2.10. The molecule has 0 aliphatic heterocycles. The summed E-state index contributed by atoms with van der Waals surface area (Å²) in [6.07, 6.45) is 5.64. The van der Waals surface area contributed by atoms with E-state index in [4.69, 9.17) is 0 Å². The molecule has 0 bridgehead atoms. The second kappa shape index (κ2) is 4.16. The van der Waals surface area contributed by atoms with E-state index in [0.29, 0.717) is 0 Å². The summed E-state index contributed by atoms with van der Waals surface area (Å²) in [5.74, 6) is 1.76. The summed E-state index contributed by atoms with van der Waals surface area (Å²) in [5, 5.41) is 0. The number of hydrogen-bond acceptors (Lipinski definition) is 0. The molecule has 0 N–H and O–H groups in total. The third kappa shape index (κ3) is 2.17. The van der Waals surface area contributed by atoms with Crippen LogP contribution in [-0.2, 0) is 0 Å². The molecule has 0 amide bonds. The van der Waals surface area contributed by atoms with E-state index in [1.807, 2.05) is 0 Å². The molecule has 1 aromatic carbocycles. The third-order valence-corrected chi connectivity index (χ3v) is 3.49. The van der Waals surface area contributed by atoms with Crippen molar-refractivity contribution in [2.24, 2.45) is 5.92 Å². The molecular weight excluding hydrogens is 168 g/mol. The van der Waals surface area contributed by atoms with Gasteiger partial charge in [-0.2, -0.15) is 0 Å². The fourth-order valence-electron chi connectivity index (χ4n) is 2.58.